The van der Waals surface area contributed by atoms with Crippen LogP contribution in [0.3, 0.4) is 0 Å². The lowest BCUT2D eigenvalue weighted by Gasteiger charge is -2.11. The molecule has 0 atom stereocenters. The minimum absolute atomic E-state index is 0.480. The molecule has 0 bridgehead atoms. The summed E-state index contributed by atoms with van der Waals surface area (Å²) >= 11 is 5.24. The van der Waals surface area contributed by atoms with Crippen LogP contribution in [0.25, 0.3) is 0 Å². The molecule has 0 saturated carbocycles. The van der Waals surface area contributed by atoms with E-state index >= 15 is 0 Å². The van der Waals surface area contributed by atoms with E-state index in [0.717, 1.165) is 0 Å². The van der Waals surface area contributed by atoms with E-state index in [4.69, 9.17) is 11.6 Å². The van der Waals surface area contributed by atoms with Gasteiger partial charge in [0.2, 0.25) is 10.0 Å². The third-order valence-corrected chi connectivity index (χ3v) is 2.10. The van der Waals surface area contributed by atoms with Gasteiger partial charge in [-0.3, -0.25) is 4.72 Å². The zero-order valence-electron chi connectivity index (χ0n) is 7.71. The number of aromatic nitrogens is 2. The summed E-state index contributed by atoms with van der Waals surface area (Å²) in [4.78, 5) is 0. The van der Waals surface area contributed by atoms with E-state index in [9.17, 15) is 21.6 Å². The molecule has 0 amide bonds. The maximum atomic E-state index is 12.4. The van der Waals surface area contributed by atoms with E-state index in [1.165, 1.54) is 0 Å². The largest absolute Gasteiger partial charge is 0.420 e. The molecule has 0 aliphatic rings. The lowest BCUT2D eigenvalue weighted by Crippen LogP contribution is -2.17. The predicted octanol–water partition coefficient (Wildman–Crippen LogP) is 1.52. The van der Waals surface area contributed by atoms with Crippen molar-refractivity contribution in [2.45, 2.75) is 6.18 Å². The summed E-state index contributed by atoms with van der Waals surface area (Å²) < 4.78 is 60.5. The molecule has 16 heavy (non-hydrogen) atoms. The van der Waals surface area contributed by atoms with Gasteiger partial charge in [0.25, 0.3) is 0 Å². The molecule has 1 aromatic rings. The fourth-order valence-corrected chi connectivity index (χ4v) is 1.48. The summed E-state index contributed by atoms with van der Waals surface area (Å²) in [6, 6.07) is 0.488. The number of nitrogens with zero attached hydrogens (tertiary/aromatic N) is 2. The summed E-state index contributed by atoms with van der Waals surface area (Å²) in [6.45, 7) is 0. The quantitative estimate of drug-likeness (QED) is 0.888. The second-order valence-electron chi connectivity index (χ2n) is 2.80. The van der Waals surface area contributed by atoms with Gasteiger partial charge in [0.05, 0.1) is 6.26 Å². The molecule has 0 aliphatic heterocycles. The first-order valence-corrected chi connectivity index (χ1v) is 5.95. The van der Waals surface area contributed by atoms with Crippen LogP contribution in [0.2, 0.25) is 5.15 Å². The van der Waals surface area contributed by atoms with Crippen LogP contribution in [0.1, 0.15) is 5.56 Å². The molecule has 1 N–H and O–H groups in total. The molecule has 5 nitrogen and oxygen atoms in total. The van der Waals surface area contributed by atoms with Crippen molar-refractivity contribution in [3.63, 3.8) is 0 Å². The maximum absolute atomic E-state index is 12.4. The molecular formula is C6H5ClF3N3O2S. The van der Waals surface area contributed by atoms with E-state index in [1.807, 2.05) is 0 Å². The van der Waals surface area contributed by atoms with E-state index in [-0.39, 0.29) is 0 Å². The average Bonchev–Trinajstić information content (AvgIpc) is 2.04. The summed E-state index contributed by atoms with van der Waals surface area (Å²) in [7, 11) is -3.87. The summed E-state index contributed by atoms with van der Waals surface area (Å²) in [6.07, 6.45) is -4.07. The van der Waals surface area contributed by atoms with E-state index < -0.39 is 32.7 Å². The first kappa shape index (κ1) is 13.0. The van der Waals surface area contributed by atoms with Gasteiger partial charge in [0, 0.05) is 0 Å². The molecule has 0 fully saturated rings. The molecule has 90 valence electrons. The van der Waals surface area contributed by atoms with Crippen molar-refractivity contribution in [1.29, 1.82) is 0 Å². The Morgan fingerprint density at radius 2 is 1.94 bits per heavy atom. The standard InChI is InChI=1S/C6H5ClF3N3O2S/c1-16(14,15)13-5-3(6(8,9)10)2-4(7)11-12-5/h2H,1H3,(H,12,13). The van der Waals surface area contributed by atoms with Gasteiger partial charge in [0.15, 0.2) is 11.0 Å². The first-order valence-electron chi connectivity index (χ1n) is 3.68. The minimum atomic E-state index is -4.77. The number of hydrogen-bond donors (Lipinski definition) is 1. The summed E-state index contributed by atoms with van der Waals surface area (Å²) in [5.74, 6) is -0.903. The van der Waals surface area contributed by atoms with Crippen molar-refractivity contribution < 1.29 is 21.6 Å². The molecule has 1 aromatic heterocycles. The summed E-state index contributed by atoms with van der Waals surface area (Å²) in [5.41, 5.74) is -1.29. The van der Waals surface area contributed by atoms with Crippen molar-refractivity contribution >= 4 is 27.4 Å². The van der Waals surface area contributed by atoms with Gasteiger partial charge < -0.3 is 0 Å². The third kappa shape index (κ3) is 3.49. The SMILES string of the molecule is CS(=O)(=O)Nc1nnc(Cl)cc1C(F)(F)F. The molecule has 0 unspecified atom stereocenters. The van der Waals surface area contributed by atoms with Gasteiger partial charge in [-0.25, -0.2) is 8.42 Å². The molecule has 1 rings (SSSR count). The van der Waals surface area contributed by atoms with Gasteiger partial charge in [-0.15, -0.1) is 10.2 Å². The molecule has 0 aromatic carbocycles. The molecule has 1 heterocycles. The van der Waals surface area contributed by atoms with Crippen LogP contribution >= 0.6 is 11.6 Å². The zero-order chi connectivity index (χ0) is 12.6. The van der Waals surface area contributed by atoms with E-state index in [2.05, 4.69) is 10.2 Å². The number of halogens is 4. The van der Waals surface area contributed by atoms with E-state index in [1.54, 1.807) is 4.72 Å². The molecular weight excluding hydrogens is 271 g/mol. The van der Waals surface area contributed by atoms with Crippen molar-refractivity contribution in [1.82, 2.24) is 10.2 Å². The van der Waals surface area contributed by atoms with Crippen LogP contribution in [-0.4, -0.2) is 24.9 Å². The Hall–Kier alpha value is -1.09. The third-order valence-electron chi connectivity index (χ3n) is 1.35. The average molecular weight is 276 g/mol. The van der Waals surface area contributed by atoms with Crippen LogP contribution < -0.4 is 4.72 Å². The Bertz CT molecular complexity index is 502. The van der Waals surface area contributed by atoms with Crippen LogP contribution in [0.5, 0.6) is 0 Å². The number of sulfonamides is 1. The van der Waals surface area contributed by atoms with Gasteiger partial charge in [-0.2, -0.15) is 13.2 Å². The maximum Gasteiger partial charge on any atom is 0.420 e. The fraction of sp³-hybridized carbons (Fsp3) is 0.333. The number of rotatable bonds is 2. The second-order valence-corrected chi connectivity index (χ2v) is 4.94. The highest BCUT2D eigenvalue weighted by Crippen LogP contribution is 2.34. The Balaban J connectivity index is 3.29. The minimum Gasteiger partial charge on any atom is -0.266 e. The lowest BCUT2D eigenvalue weighted by atomic mass is 10.3. The Labute approximate surface area is 93.7 Å². The second kappa shape index (κ2) is 4.06. The van der Waals surface area contributed by atoms with Crippen molar-refractivity contribution in [3.8, 4) is 0 Å². The van der Waals surface area contributed by atoms with Gasteiger partial charge >= 0.3 is 6.18 Å². The van der Waals surface area contributed by atoms with Crippen molar-refractivity contribution in [3.05, 3.63) is 16.8 Å². The topological polar surface area (TPSA) is 72.0 Å². The van der Waals surface area contributed by atoms with Crippen molar-refractivity contribution in [2.75, 3.05) is 11.0 Å². The number of nitrogens with one attached hydrogen (secondary N) is 1. The first-order chi connectivity index (χ1) is 7.09. The number of anilines is 1. The summed E-state index contributed by atoms with van der Waals surface area (Å²) in [5, 5.41) is 5.68. The number of alkyl halides is 3. The predicted molar refractivity (Wildman–Crippen MR) is 50.5 cm³/mol. The van der Waals surface area contributed by atoms with Crippen LogP contribution in [0.15, 0.2) is 6.07 Å². The van der Waals surface area contributed by atoms with Gasteiger partial charge in [0.1, 0.15) is 5.56 Å². The molecule has 0 saturated heterocycles. The highest BCUT2D eigenvalue weighted by Gasteiger charge is 2.35. The monoisotopic (exact) mass is 275 g/mol. The lowest BCUT2D eigenvalue weighted by molar-refractivity contribution is -0.137. The fourth-order valence-electron chi connectivity index (χ4n) is 0.835. The molecule has 10 heteroatoms. The zero-order valence-corrected chi connectivity index (χ0v) is 9.28. The molecule has 0 spiro atoms. The highest BCUT2D eigenvalue weighted by molar-refractivity contribution is 7.92. The normalized spacial score (nSPS) is 12.6. The van der Waals surface area contributed by atoms with Crippen LogP contribution in [-0.2, 0) is 16.2 Å². The highest BCUT2D eigenvalue weighted by atomic mass is 35.5. The van der Waals surface area contributed by atoms with Gasteiger partial charge in [-0.1, -0.05) is 11.6 Å². The smallest absolute Gasteiger partial charge is 0.266 e. The Morgan fingerprint density at radius 1 is 1.38 bits per heavy atom. The number of hydrogen-bond acceptors (Lipinski definition) is 4. The van der Waals surface area contributed by atoms with E-state index in [0.29, 0.717) is 12.3 Å². The Morgan fingerprint density at radius 3 is 2.38 bits per heavy atom. The van der Waals surface area contributed by atoms with Crippen LogP contribution in [0.4, 0.5) is 19.0 Å². The Kier molecular flexibility index (Phi) is 3.29. The molecule has 0 radical (unpaired) electrons. The van der Waals surface area contributed by atoms with Crippen LogP contribution in [0, 0.1) is 0 Å². The molecule has 0 aliphatic carbocycles. The van der Waals surface area contributed by atoms with Crippen molar-refractivity contribution in [2.24, 2.45) is 0 Å². The van der Waals surface area contributed by atoms with Gasteiger partial charge in [-0.05, 0) is 6.07 Å².